The number of rotatable bonds is 4. The van der Waals surface area contributed by atoms with Crippen LogP contribution >= 0.6 is 0 Å². The fraction of sp³-hybridized carbons (Fsp3) is 0.714. The molecule has 0 aromatic carbocycles. The summed E-state index contributed by atoms with van der Waals surface area (Å²) in [7, 11) is 1.76. The van der Waals surface area contributed by atoms with E-state index in [1.165, 1.54) is 0 Å². The molecule has 74 valence electrons. The molecule has 0 amide bonds. The average molecular weight is 188 g/mol. The van der Waals surface area contributed by atoms with E-state index >= 15 is 0 Å². The van der Waals surface area contributed by atoms with Gasteiger partial charge in [-0.2, -0.15) is 4.98 Å². The van der Waals surface area contributed by atoms with Crippen molar-refractivity contribution >= 4 is 5.95 Å². The van der Waals surface area contributed by atoms with Gasteiger partial charge in [0.2, 0.25) is 5.95 Å². The van der Waals surface area contributed by atoms with E-state index in [4.69, 9.17) is 5.11 Å². The van der Waals surface area contributed by atoms with Gasteiger partial charge < -0.3 is 10.4 Å². The summed E-state index contributed by atoms with van der Waals surface area (Å²) in [5.74, 6) is 1.17. The number of alkyl halides is 1. The molecule has 0 saturated carbocycles. The van der Waals surface area contributed by atoms with Crippen molar-refractivity contribution in [3.05, 3.63) is 5.82 Å². The van der Waals surface area contributed by atoms with Crippen molar-refractivity contribution in [2.75, 3.05) is 18.5 Å². The third-order valence-corrected chi connectivity index (χ3v) is 1.65. The monoisotopic (exact) mass is 188 g/mol. The molecular weight excluding hydrogens is 175 g/mol. The molecule has 1 unspecified atom stereocenters. The minimum absolute atomic E-state index is 0.125. The number of nitrogens with zero attached hydrogens (tertiary/aromatic N) is 3. The highest BCUT2D eigenvalue weighted by Crippen LogP contribution is 2.00. The van der Waals surface area contributed by atoms with Crippen LogP contribution in [0.4, 0.5) is 10.3 Å². The van der Waals surface area contributed by atoms with E-state index in [9.17, 15) is 4.39 Å². The predicted molar refractivity (Wildman–Crippen MR) is 46.2 cm³/mol. The Bertz CT molecular complexity index is 256. The number of hydrogen-bond donors (Lipinski definition) is 2. The summed E-state index contributed by atoms with van der Waals surface area (Å²) in [6.45, 7) is 1.17. The number of nitrogens with one attached hydrogen (secondary N) is 1. The lowest BCUT2D eigenvalue weighted by molar-refractivity contribution is 0.151. The second-order valence-corrected chi connectivity index (χ2v) is 2.80. The van der Waals surface area contributed by atoms with Crippen LogP contribution in [0.25, 0.3) is 0 Å². The lowest BCUT2D eigenvalue weighted by Gasteiger charge is -2.04. The van der Waals surface area contributed by atoms with Crippen LogP contribution < -0.4 is 5.32 Å². The fourth-order valence-corrected chi connectivity index (χ4v) is 0.801. The molecule has 1 rings (SSSR count). The molecule has 0 bridgehead atoms. The van der Waals surface area contributed by atoms with E-state index in [2.05, 4.69) is 15.4 Å². The zero-order chi connectivity index (χ0) is 9.84. The van der Waals surface area contributed by atoms with Crippen LogP contribution in [0.3, 0.4) is 0 Å². The number of aliphatic hydroxyl groups is 1. The molecule has 1 atom stereocenters. The van der Waals surface area contributed by atoms with Gasteiger partial charge in [-0.1, -0.05) is 0 Å². The summed E-state index contributed by atoms with van der Waals surface area (Å²) < 4.78 is 13.4. The Hall–Kier alpha value is -1.17. The Balaban J connectivity index is 2.45. The van der Waals surface area contributed by atoms with Gasteiger partial charge in [-0.15, -0.1) is 5.10 Å². The largest absolute Gasteiger partial charge is 0.389 e. The summed E-state index contributed by atoms with van der Waals surface area (Å²) in [6, 6.07) is 0. The highest BCUT2D eigenvalue weighted by molar-refractivity contribution is 5.22. The molecule has 0 radical (unpaired) electrons. The fourth-order valence-electron chi connectivity index (χ4n) is 0.801. The molecule has 6 heteroatoms. The Labute approximate surface area is 75.6 Å². The summed E-state index contributed by atoms with van der Waals surface area (Å²) in [4.78, 5) is 4.02. The average Bonchev–Trinajstić information content (AvgIpc) is 2.42. The van der Waals surface area contributed by atoms with E-state index in [-0.39, 0.29) is 6.54 Å². The summed E-state index contributed by atoms with van der Waals surface area (Å²) in [6.07, 6.45) is -0.996. The van der Waals surface area contributed by atoms with E-state index in [1.807, 2.05) is 6.92 Å². The Morgan fingerprint density at radius 1 is 1.69 bits per heavy atom. The number of aryl methyl sites for hydroxylation is 2. The first-order valence-electron chi connectivity index (χ1n) is 3.99. The molecule has 1 aromatic rings. The number of anilines is 1. The maximum Gasteiger partial charge on any atom is 0.242 e. The second kappa shape index (κ2) is 4.18. The first kappa shape index (κ1) is 9.91. The molecule has 1 heterocycles. The van der Waals surface area contributed by atoms with Crippen LogP contribution in [-0.2, 0) is 7.05 Å². The topological polar surface area (TPSA) is 63.0 Å². The minimum atomic E-state index is -0.996. The second-order valence-electron chi connectivity index (χ2n) is 2.80. The van der Waals surface area contributed by atoms with Crippen LogP contribution in [0.1, 0.15) is 5.82 Å². The van der Waals surface area contributed by atoms with Gasteiger partial charge in [-0.05, 0) is 6.92 Å². The molecule has 0 aliphatic carbocycles. The molecule has 0 aliphatic heterocycles. The van der Waals surface area contributed by atoms with Gasteiger partial charge in [0, 0.05) is 13.6 Å². The lowest BCUT2D eigenvalue weighted by Crippen LogP contribution is -2.21. The van der Waals surface area contributed by atoms with Gasteiger partial charge in [-0.3, -0.25) is 4.68 Å². The summed E-state index contributed by atoms with van der Waals surface area (Å²) in [5, 5.41) is 15.6. The SMILES string of the molecule is Cc1nc(NCC(O)CF)nn1C. The standard InChI is InChI=1S/C7H13FN4O/c1-5-10-7(11-12(5)2)9-4-6(13)3-8/h6,13H,3-4H2,1-2H3,(H,9,11). The molecule has 0 aliphatic rings. The maximum atomic E-state index is 11.8. The highest BCUT2D eigenvalue weighted by Gasteiger charge is 2.05. The smallest absolute Gasteiger partial charge is 0.242 e. The van der Waals surface area contributed by atoms with Crippen molar-refractivity contribution in [3.63, 3.8) is 0 Å². The molecule has 0 saturated heterocycles. The van der Waals surface area contributed by atoms with Gasteiger partial charge in [0.25, 0.3) is 0 Å². The molecule has 1 aromatic heterocycles. The van der Waals surface area contributed by atoms with Crippen molar-refractivity contribution in [2.24, 2.45) is 7.05 Å². The van der Waals surface area contributed by atoms with Crippen molar-refractivity contribution in [2.45, 2.75) is 13.0 Å². The quantitative estimate of drug-likeness (QED) is 0.690. The Kier molecular flexibility index (Phi) is 3.18. The molecule has 2 N–H and O–H groups in total. The van der Waals surface area contributed by atoms with Gasteiger partial charge in [0.15, 0.2) is 0 Å². The van der Waals surface area contributed by atoms with E-state index < -0.39 is 12.8 Å². The summed E-state index contributed by atoms with van der Waals surface area (Å²) in [5.41, 5.74) is 0. The van der Waals surface area contributed by atoms with E-state index in [1.54, 1.807) is 11.7 Å². The van der Waals surface area contributed by atoms with Crippen LogP contribution in [0.2, 0.25) is 0 Å². The highest BCUT2D eigenvalue weighted by atomic mass is 19.1. The Morgan fingerprint density at radius 2 is 2.38 bits per heavy atom. The van der Waals surface area contributed by atoms with Crippen LogP contribution in [0.15, 0.2) is 0 Å². The van der Waals surface area contributed by atoms with E-state index in [0.717, 1.165) is 5.82 Å². The number of aliphatic hydroxyl groups excluding tert-OH is 1. The van der Waals surface area contributed by atoms with Crippen molar-refractivity contribution in [1.29, 1.82) is 0 Å². The molecule has 13 heavy (non-hydrogen) atoms. The normalized spacial score (nSPS) is 12.9. The van der Waals surface area contributed by atoms with Gasteiger partial charge in [0.1, 0.15) is 12.5 Å². The molecule has 5 nitrogen and oxygen atoms in total. The van der Waals surface area contributed by atoms with Crippen LogP contribution in [-0.4, -0.2) is 39.2 Å². The first-order valence-corrected chi connectivity index (χ1v) is 3.99. The molecule has 0 fully saturated rings. The number of hydrogen-bond acceptors (Lipinski definition) is 4. The third kappa shape index (κ3) is 2.66. The maximum absolute atomic E-state index is 11.8. The zero-order valence-electron chi connectivity index (χ0n) is 7.66. The third-order valence-electron chi connectivity index (χ3n) is 1.65. The predicted octanol–water partition coefficient (Wildman–Crippen LogP) is -0.134. The summed E-state index contributed by atoms with van der Waals surface area (Å²) >= 11 is 0. The molecular formula is C7H13FN4O. The van der Waals surface area contributed by atoms with Gasteiger partial charge >= 0.3 is 0 Å². The van der Waals surface area contributed by atoms with Crippen molar-refractivity contribution in [1.82, 2.24) is 14.8 Å². The van der Waals surface area contributed by atoms with E-state index in [0.29, 0.717) is 5.95 Å². The van der Waals surface area contributed by atoms with Gasteiger partial charge in [-0.25, -0.2) is 4.39 Å². The first-order chi connectivity index (χ1) is 6.13. The zero-order valence-corrected chi connectivity index (χ0v) is 7.66. The minimum Gasteiger partial charge on any atom is -0.389 e. The van der Waals surface area contributed by atoms with Crippen LogP contribution in [0, 0.1) is 6.92 Å². The van der Waals surface area contributed by atoms with Crippen molar-refractivity contribution in [3.8, 4) is 0 Å². The Morgan fingerprint density at radius 3 is 2.85 bits per heavy atom. The number of aromatic nitrogens is 3. The van der Waals surface area contributed by atoms with Crippen molar-refractivity contribution < 1.29 is 9.50 Å². The lowest BCUT2D eigenvalue weighted by atomic mass is 10.4. The number of halogens is 1. The molecule has 0 spiro atoms. The van der Waals surface area contributed by atoms with Crippen LogP contribution in [0.5, 0.6) is 0 Å². The van der Waals surface area contributed by atoms with Gasteiger partial charge in [0.05, 0.1) is 6.10 Å².